The molecule has 0 radical (unpaired) electrons. The van der Waals surface area contributed by atoms with Crippen LogP contribution >= 0.6 is 0 Å². The van der Waals surface area contributed by atoms with Crippen LogP contribution in [0.2, 0.25) is 0 Å². The Balaban J connectivity index is 1.89. The number of amides is 2. The number of aromatic nitrogens is 1. The van der Waals surface area contributed by atoms with E-state index >= 15 is 0 Å². The number of nitrogens with one attached hydrogen (secondary N) is 1. The first-order valence-electron chi connectivity index (χ1n) is 8.84. The van der Waals surface area contributed by atoms with E-state index in [1.165, 1.54) is 0 Å². The van der Waals surface area contributed by atoms with Gasteiger partial charge in [-0.1, -0.05) is 0 Å². The predicted molar refractivity (Wildman–Crippen MR) is 96.7 cm³/mol. The lowest BCUT2D eigenvalue weighted by molar-refractivity contribution is -0.129. The van der Waals surface area contributed by atoms with Gasteiger partial charge in [0.15, 0.2) is 0 Å². The van der Waals surface area contributed by atoms with Crippen molar-refractivity contribution < 1.29 is 9.59 Å². The molecular formula is C18H27N5O2. The minimum Gasteiger partial charge on any atom is -0.355 e. The van der Waals surface area contributed by atoms with Crippen molar-refractivity contribution in [1.82, 2.24) is 20.1 Å². The van der Waals surface area contributed by atoms with Crippen LogP contribution in [0.25, 0.3) is 0 Å². The Morgan fingerprint density at radius 3 is 2.80 bits per heavy atom. The molecule has 2 fully saturated rings. The van der Waals surface area contributed by atoms with Crippen LogP contribution in [-0.2, 0) is 4.79 Å². The van der Waals surface area contributed by atoms with Gasteiger partial charge in [0, 0.05) is 58.4 Å². The maximum Gasteiger partial charge on any atom is 0.254 e. The van der Waals surface area contributed by atoms with Gasteiger partial charge in [-0.15, -0.1) is 0 Å². The lowest BCUT2D eigenvalue weighted by Gasteiger charge is -2.49. The average molecular weight is 345 g/mol. The summed E-state index contributed by atoms with van der Waals surface area (Å²) in [6.45, 7) is 3.26. The van der Waals surface area contributed by atoms with Gasteiger partial charge in [0.25, 0.3) is 5.91 Å². The van der Waals surface area contributed by atoms with Crippen LogP contribution in [0.4, 0.5) is 5.82 Å². The maximum absolute atomic E-state index is 12.2. The van der Waals surface area contributed by atoms with E-state index in [-0.39, 0.29) is 17.4 Å². The van der Waals surface area contributed by atoms with Crippen LogP contribution in [0.3, 0.4) is 0 Å². The molecule has 0 aliphatic carbocycles. The number of likely N-dealkylation sites (N-methyl/N-ethyl adjacent to an activating group) is 1. The first-order valence-corrected chi connectivity index (χ1v) is 8.84. The third kappa shape index (κ3) is 3.33. The number of anilines is 1. The SMILES string of the molecule is CNC(=O)c1cccnc1N1CCN(C)[C@@]2(CCC(=O)N(C)CC2)C1. The summed E-state index contributed by atoms with van der Waals surface area (Å²) in [6, 6.07) is 3.61. The van der Waals surface area contributed by atoms with Crippen LogP contribution in [0.15, 0.2) is 18.3 Å². The molecular weight excluding hydrogens is 318 g/mol. The Morgan fingerprint density at radius 1 is 1.24 bits per heavy atom. The number of hydrogen-bond acceptors (Lipinski definition) is 5. The minimum absolute atomic E-state index is 0.0594. The zero-order valence-corrected chi connectivity index (χ0v) is 15.3. The van der Waals surface area contributed by atoms with Crippen LogP contribution in [0.5, 0.6) is 0 Å². The molecule has 2 saturated heterocycles. The summed E-state index contributed by atoms with van der Waals surface area (Å²) in [5, 5.41) is 2.69. The number of carbonyl (C=O) groups is 2. The van der Waals surface area contributed by atoms with Crippen molar-refractivity contribution >= 4 is 17.6 Å². The molecule has 1 atom stereocenters. The Bertz CT molecular complexity index is 665. The highest BCUT2D eigenvalue weighted by Gasteiger charge is 2.42. The Kier molecular flexibility index (Phi) is 4.94. The lowest BCUT2D eigenvalue weighted by atomic mass is 9.86. The van der Waals surface area contributed by atoms with Crippen molar-refractivity contribution in [2.24, 2.45) is 0 Å². The van der Waals surface area contributed by atoms with Crippen molar-refractivity contribution in [2.75, 3.05) is 52.2 Å². The summed E-state index contributed by atoms with van der Waals surface area (Å²) in [4.78, 5) is 35.2. The summed E-state index contributed by atoms with van der Waals surface area (Å²) < 4.78 is 0. The van der Waals surface area contributed by atoms with Gasteiger partial charge in [0.1, 0.15) is 5.82 Å². The number of piperazine rings is 1. The van der Waals surface area contributed by atoms with Crippen molar-refractivity contribution in [3.05, 3.63) is 23.9 Å². The molecule has 2 amide bonds. The molecule has 0 saturated carbocycles. The van der Waals surface area contributed by atoms with E-state index in [2.05, 4.69) is 27.1 Å². The average Bonchev–Trinajstić information content (AvgIpc) is 2.78. The van der Waals surface area contributed by atoms with Crippen molar-refractivity contribution in [3.8, 4) is 0 Å². The summed E-state index contributed by atoms with van der Waals surface area (Å²) in [6.07, 6.45) is 4.08. The van der Waals surface area contributed by atoms with Crippen molar-refractivity contribution in [2.45, 2.75) is 24.8 Å². The van der Waals surface area contributed by atoms with E-state index in [1.54, 1.807) is 19.3 Å². The summed E-state index contributed by atoms with van der Waals surface area (Å²) in [5.74, 6) is 0.830. The molecule has 3 rings (SSSR count). The number of carbonyl (C=O) groups excluding carboxylic acids is 2. The Labute approximate surface area is 149 Å². The standard InChI is InChI=1S/C18H27N5O2/c1-19-17(25)14-5-4-9-20-16(14)23-12-11-22(3)18(13-23)7-6-15(24)21(2)10-8-18/h4-5,9H,6-8,10-13H2,1-3H3,(H,19,25)/t18-/m1/s1. The minimum atomic E-state index is -0.119. The third-order valence-corrected chi connectivity index (χ3v) is 5.70. The lowest BCUT2D eigenvalue weighted by Crippen LogP contribution is -2.61. The second kappa shape index (κ2) is 7.00. The van der Waals surface area contributed by atoms with E-state index in [0.717, 1.165) is 44.8 Å². The highest BCUT2D eigenvalue weighted by atomic mass is 16.2. The number of pyridine rings is 1. The van der Waals surface area contributed by atoms with Crippen LogP contribution in [-0.4, -0.2) is 79.5 Å². The highest BCUT2D eigenvalue weighted by molar-refractivity contribution is 5.98. The highest BCUT2D eigenvalue weighted by Crippen LogP contribution is 2.34. The van der Waals surface area contributed by atoms with Crippen LogP contribution in [0, 0.1) is 0 Å². The Hall–Kier alpha value is -2.15. The molecule has 1 aromatic rings. The van der Waals surface area contributed by atoms with Gasteiger partial charge in [0.05, 0.1) is 5.56 Å². The summed E-state index contributed by atoms with van der Waals surface area (Å²) in [5.41, 5.74) is 0.544. The topological polar surface area (TPSA) is 68.8 Å². The number of likely N-dealkylation sites (tertiary alicyclic amines) is 1. The number of rotatable bonds is 2. The smallest absolute Gasteiger partial charge is 0.254 e. The fourth-order valence-corrected chi connectivity index (χ4v) is 3.90. The van der Waals surface area contributed by atoms with Crippen molar-refractivity contribution in [3.63, 3.8) is 0 Å². The van der Waals surface area contributed by atoms with Gasteiger partial charge in [-0.25, -0.2) is 4.98 Å². The fourth-order valence-electron chi connectivity index (χ4n) is 3.90. The molecule has 1 N–H and O–H groups in total. The van der Waals surface area contributed by atoms with Crippen molar-refractivity contribution in [1.29, 1.82) is 0 Å². The summed E-state index contributed by atoms with van der Waals surface area (Å²) in [7, 11) is 5.66. The largest absolute Gasteiger partial charge is 0.355 e. The van der Waals surface area contributed by atoms with Gasteiger partial charge in [0.2, 0.25) is 5.91 Å². The first-order chi connectivity index (χ1) is 12.0. The second-order valence-electron chi connectivity index (χ2n) is 7.09. The molecule has 7 nitrogen and oxygen atoms in total. The molecule has 1 aromatic heterocycles. The van der Waals surface area contributed by atoms with Crippen LogP contribution < -0.4 is 10.2 Å². The van der Waals surface area contributed by atoms with E-state index in [4.69, 9.17) is 0 Å². The molecule has 2 aliphatic rings. The monoisotopic (exact) mass is 345 g/mol. The number of nitrogens with zero attached hydrogens (tertiary/aromatic N) is 4. The van der Waals surface area contributed by atoms with E-state index < -0.39 is 0 Å². The first kappa shape index (κ1) is 17.7. The third-order valence-electron chi connectivity index (χ3n) is 5.70. The maximum atomic E-state index is 12.2. The van der Waals surface area contributed by atoms with E-state index in [0.29, 0.717) is 12.0 Å². The molecule has 1 spiro atoms. The van der Waals surface area contributed by atoms with Gasteiger partial charge in [-0.05, 0) is 32.0 Å². The second-order valence-corrected chi connectivity index (χ2v) is 7.09. The fraction of sp³-hybridized carbons (Fsp3) is 0.611. The molecule has 0 unspecified atom stereocenters. The molecule has 3 heterocycles. The number of hydrogen-bond donors (Lipinski definition) is 1. The molecule has 7 heteroatoms. The van der Waals surface area contributed by atoms with E-state index in [1.807, 2.05) is 18.0 Å². The van der Waals surface area contributed by atoms with Gasteiger partial charge < -0.3 is 15.1 Å². The molecule has 2 aliphatic heterocycles. The van der Waals surface area contributed by atoms with Crippen LogP contribution in [0.1, 0.15) is 29.6 Å². The Morgan fingerprint density at radius 2 is 2.04 bits per heavy atom. The van der Waals surface area contributed by atoms with E-state index in [9.17, 15) is 9.59 Å². The van der Waals surface area contributed by atoms with Gasteiger partial charge in [-0.3, -0.25) is 14.5 Å². The molecule has 0 bridgehead atoms. The summed E-state index contributed by atoms with van der Waals surface area (Å²) >= 11 is 0. The zero-order chi connectivity index (χ0) is 18.0. The van der Waals surface area contributed by atoms with Gasteiger partial charge >= 0.3 is 0 Å². The quantitative estimate of drug-likeness (QED) is 0.849. The molecule has 0 aromatic carbocycles. The zero-order valence-electron chi connectivity index (χ0n) is 15.3. The van der Waals surface area contributed by atoms with Gasteiger partial charge in [-0.2, -0.15) is 0 Å². The predicted octanol–water partition coefficient (Wildman–Crippen LogP) is 0.574. The normalized spacial score (nSPS) is 25.2. The molecule has 136 valence electrons. The molecule has 25 heavy (non-hydrogen) atoms.